The summed E-state index contributed by atoms with van der Waals surface area (Å²) in [7, 11) is 0. The Kier molecular flexibility index (Phi) is 9.17. The number of nitrogens with zero attached hydrogens (tertiary/aromatic N) is 4. The molecule has 0 saturated carbocycles. The first-order chi connectivity index (χ1) is 16.2. The number of likely N-dealkylation sites (tertiary alicyclic amines) is 1. The summed E-state index contributed by atoms with van der Waals surface area (Å²) in [5.74, 6) is 2.18. The van der Waals surface area contributed by atoms with Gasteiger partial charge in [0, 0.05) is 43.8 Å². The first kappa shape index (κ1) is 24.2. The van der Waals surface area contributed by atoms with Gasteiger partial charge in [-0.2, -0.15) is 4.98 Å². The molecule has 0 aliphatic carbocycles. The minimum absolute atomic E-state index is 0.170. The van der Waals surface area contributed by atoms with Crippen LogP contribution in [0, 0.1) is 5.92 Å². The summed E-state index contributed by atoms with van der Waals surface area (Å²) >= 11 is 0. The van der Waals surface area contributed by atoms with Crippen LogP contribution >= 0.6 is 0 Å². The number of carbonyl (C=O) groups excluding carboxylic acids is 1. The van der Waals surface area contributed by atoms with E-state index in [1.54, 1.807) is 0 Å². The number of carbonyl (C=O) groups is 1. The molecule has 1 unspecified atom stereocenters. The van der Waals surface area contributed by atoms with Crippen LogP contribution in [0.3, 0.4) is 0 Å². The van der Waals surface area contributed by atoms with E-state index in [0.717, 1.165) is 83.3 Å². The molecule has 0 radical (unpaired) electrons. The number of hydrogen-bond donors (Lipinski definition) is 3. The quantitative estimate of drug-likeness (QED) is 0.553. The maximum atomic E-state index is 12.6. The van der Waals surface area contributed by atoms with Crippen LogP contribution in [0.25, 0.3) is 0 Å². The van der Waals surface area contributed by atoms with E-state index in [-0.39, 0.29) is 11.8 Å². The van der Waals surface area contributed by atoms with E-state index in [1.807, 2.05) is 12.3 Å². The summed E-state index contributed by atoms with van der Waals surface area (Å²) in [6.45, 7) is 9.19. The second kappa shape index (κ2) is 12.5. The van der Waals surface area contributed by atoms with Crippen LogP contribution in [-0.4, -0.2) is 78.7 Å². The van der Waals surface area contributed by atoms with Gasteiger partial charge in [0.1, 0.15) is 5.82 Å². The summed E-state index contributed by atoms with van der Waals surface area (Å²) in [6, 6.07) is 2.72. The maximum Gasteiger partial charge on any atom is 0.224 e. The van der Waals surface area contributed by atoms with Gasteiger partial charge in [0.15, 0.2) is 0 Å². The monoisotopic (exact) mass is 457 g/mol. The van der Waals surface area contributed by atoms with E-state index in [4.69, 9.17) is 4.98 Å². The van der Waals surface area contributed by atoms with Gasteiger partial charge < -0.3 is 20.9 Å². The molecule has 3 aliphatic rings. The Morgan fingerprint density at radius 3 is 2.64 bits per heavy atom. The largest absolute Gasteiger partial charge is 0.356 e. The summed E-state index contributed by atoms with van der Waals surface area (Å²) in [6.07, 6.45) is 12.2. The molecule has 33 heavy (non-hydrogen) atoms. The number of piperidine rings is 2. The molecule has 4 rings (SSSR count). The van der Waals surface area contributed by atoms with Crippen molar-refractivity contribution in [2.45, 2.75) is 76.8 Å². The van der Waals surface area contributed by atoms with Crippen molar-refractivity contribution in [1.82, 2.24) is 25.5 Å². The number of likely N-dealkylation sites (N-methyl/N-ethyl adjacent to an activating group) is 1. The lowest BCUT2D eigenvalue weighted by Gasteiger charge is -2.41. The third kappa shape index (κ3) is 6.79. The first-order valence-corrected chi connectivity index (χ1v) is 13.3. The van der Waals surface area contributed by atoms with Crippen LogP contribution in [-0.2, 0) is 4.79 Å². The summed E-state index contributed by atoms with van der Waals surface area (Å²) in [5, 5.41) is 10.2. The van der Waals surface area contributed by atoms with Crippen molar-refractivity contribution in [2.24, 2.45) is 5.92 Å². The molecule has 8 heteroatoms. The maximum absolute atomic E-state index is 12.6. The Morgan fingerprint density at radius 1 is 1.09 bits per heavy atom. The normalized spacial score (nSPS) is 25.4. The van der Waals surface area contributed by atoms with Gasteiger partial charge in [-0.3, -0.25) is 9.69 Å². The smallest absolute Gasteiger partial charge is 0.224 e. The minimum Gasteiger partial charge on any atom is -0.356 e. The van der Waals surface area contributed by atoms with Crippen molar-refractivity contribution < 1.29 is 4.79 Å². The van der Waals surface area contributed by atoms with E-state index in [2.05, 4.69) is 37.7 Å². The molecule has 1 amide bonds. The van der Waals surface area contributed by atoms with Crippen molar-refractivity contribution in [3.05, 3.63) is 12.3 Å². The molecule has 2 atom stereocenters. The zero-order chi connectivity index (χ0) is 22.9. The Balaban J connectivity index is 1.35. The summed E-state index contributed by atoms with van der Waals surface area (Å²) in [5.41, 5.74) is 0. The van der Waals surface area contributed by atoms with Gasteiger partial charge >= 0.3 is 0 Å². The molecule has 0 aromatic carbocycles. The fourth-order valence-corrected chi connectivity index (χ4v) is 5.70. The number of amides is 1. The van der Waals surface area contributed by atoms with E-state index in [1.165, 1.54) is 32.1 Å². The molecule has 1 aromatic rings. The van der Waals surface area contributed by atoms with Crippen LogP contribution in [0.2, 0.25) is 0 Å². The lowest BCUT2D eigenvalue weighted by Crippen LogP contribution is -2.52. The van der Waals surface area contributed by atoms with Gasteiger partial charge in [0.2, 0.25) is 11.9 Å². The molecule has 0 spiro atoms. The fourth-order valence-electron chi connectivity index (χ4n) is 5.70. The molecule has 184 valence electrons. The van der Waals surface area contributed by atoms with Gasteiger partial charge in [0.25, 0.3) is 0 Å². The molecular formula is C25H43N7O. The highest BCUT2D eigenvalue weighted by atomic mass is 16.1. The van der Waals surface area contributed by atoms with Crippen LogP contribution in [0.1, 0.15) is 64.7 Å². The number of hydrogen-bond acceptors (Lipinski definition) is 7. The Bertz CT molecular complexity index is 731. The highest BCUT2D eigenvalue weighted by molar-refractivity contribution is 5.78. The predicted octanol–water partition coefficient (Wildman–Crippen LogP) is 2.63. The molecule has 3 fully saturated rings. The zero-order valence-electron chi connectivity index (χ0n) is 20.4. The predicted molar refractivity (Wildman–Crippen MR) is 134 cm³/mol. The molecule has 3 saturated heterocycles. The molecule has 4 heterocycles. The second-order valence-corrected chi connectivity index (χ2v) is 9.83. The van der Waals surface area contributed by atoms with Crippen LogP contribution in [0.15, 0.2) is 12.3 Å². The Hall–Kier alpha value is -1.93. The molecule has 3 aliphatic heterocycles. The lowest BCUT2D eigenvalue weighted by molar-refractivity contribution is -0.125. The molecule has 8 nitrogen and oxygen atoms in total. The van der Waals surface area contributed by atoms with Crippen LogP contribution in [0.4, 0.5) is 11.8 Å². The molecular weight excluding hydrogens is 414 g/mol. The van der Waals surface area contributed by atoms with E-state index in [0.29, 0.717) is 12.1 Å². The van der Waals surface area contributed by atoms with E-state index >= 15 is 0 Å². The molecule has 0 bridgehead atoms. The van der Waals surface area contributed by atoms with E-state index < -0.39 is 0 Å². The van der Waals surface area contributed by atoms with E-state index in [9.17, 15) is 4.79 Å². The highest BCUT2D eigenvalue weighted by Gasteiger charge is 2.31. The number of nitrogens with one attached hydrogen (secondary N) is 3. The van der Waals surface area contributed by atoms with Crippen molar-refractivity contribution in [3.63, 3.8) is 0 Å². The molecule has 3 N–H and O–H groups in total. The van der Waals surface area contributed by atoms with Gasteiger partial charge in [-0.25, -0.2) is 4.98 Å². The van der Waals surface area contributed by atoms with Gasteiger partial charge in [0.05, 0.1) is 0 Å². The molecule has 1 aromatic heterocycles. The lowest BCUT2D eigenvalue weighted by atomic mass is 9.93. The van der Waals surface area contributed by atoms with Crippen LogP contribution < -0.4 is 20.9 Å². The van der Waals surface area contributed by atoms with Crippen molar-refractivity contribution in [2.75, 3.05) is 56.0 Å². The number of rotatable bonds is 8. The van der Waals surface area contributed by atoms with Crippen molar-refractivity contribution in [3.8, 4) is 0 Å². The van der Waals surface area contributed by atoms with Crippen molar-refractivity contribution >= 4 is 17.7 Å². The van der Waals surface area contributed by atoms with Crippen LogP contribution in [0.5, 0.6) is 0 Å². The fraction of sp³-hybridized carbons (Fsp3) is 0.800. The van der Waals surface area contributed by atoms with Gasteiger partial charge in [-0.15, -0.1) is 0 Å². The van der Waals surface area contributed by atoms with Crippen molar-refractivity contribution in [1.29, 1.82) is 0 Å². The second-order valence-electron chi connectivity index (χ2n) is 9.83. The number of anilines is 2. The highest BCUT2D eigenvalue weighted by Crippen LogP contribution is 2.24. The third-order valence-corrected chi connectivity index (χ3v) is 7.63. The SMILES string of the molecule is CCN1CCCC(Nc2nccc(N3CCCCCC3)n2)[C@H]1CCNC(=O)C1CCNCC1. The summed E-state index contributed by atoms with van der Waals surface area (Å²) < 4.78 is 0. The first-order valence-electron chi connectivity index (χ1n) is 13.3. The average Bonchev–Trinajstić information content (AvgIpc) is 3.15. The third-order valence-electron chi connectivity index (χ3n) is 7.63. The minimum atomic E-state index is 0.170. The number of aromatic nitrogens is 2. The Morgan fingerprint density at radius 2 is 1.88 bits per heavy atom. The summed E-state index contributed by atoms with van der Waals surface area (Å²) in [4.78, 5) is 27.0. The zero-order valence-corrected chi connectivity index (χ0v) is 20.4. The standard InChI is InChI=1S/C25H43N7O/c1-2-31-19-7-8-21(22(31)11-15-27-24(33)20-9-13-26-14-10-20)29-25-28-16-12-23(30-25)32-17-5-3-4-6-18-32/h12,16,20-22,26H,2-11,13-15,17-19H2,1H3,(H,27,33)(H,28,29,30)/t21?,22-/m1/s1. The average molecular weight is 458 g/mol. The topological polar surface area (TPSA) is 85.4 Å². The van der Waals surface area contributed by atoms with Gasteiger partial charge in [-0.1, -0.05) is 19.8 Å². The van der Waals surface area contributed by atoms with Gasteiger partial charge in [-0.05, 0) is 77.2 Å². The Labute approximate surface area is 199 Å².